The fourth-order valence-electron chi connectivity index (χ4n) is 2.09. The molecular weight excluding hydrogens is 254 g/mol. The summed E-state index contributed by atoms with van der Waals surface area (Å²) < 4.78 is 0. The number of thiophene rings is 1. The van der Waals surface area contributed by atoms with E-state index >= 15 is 0 Å². The first-order chi connectivity index (χ1) is 8.31. The van der Waals surface area contributed by atoms with Crippen molar-refractivity contribution in [2.24, 2.45) is 0 Å². The van der Waals surface area contributed by atoms with Crippen molar-refractivity contribution in [3.63, 3.8) is 0 Å². The SMILES string of the molecule is Clc1cnc(CN2CCc3sccc3C2)cn1. The molecule has 3 heterocycles. The molecule has 0 aliphatic carbocycles. The maximum Gasteiger partial charge on any atom is 0.147 e. The third kappa shape index (κ3) is 2.49. The normalized spacial score (nSPS) is 15.8. The molecule has 1 aliphatic heterocycles. The van der Waals surface area contributed by atoms with Crippen molar-refractivity contribution in [1.29, 1.82) is 0 Å². The third-order valence-corrected chi connectivity index (χ3v) is 4.16. The van der Waals surface area contributed by atoms with E-state index in [1.54, 1.807) is 12.4 Å². The summed E-state index contributed by atoms with van der Waals surface area (Å²) in [6, 6.07) is 2.22. The van der Waals surface area contributed by atoms with Gasteiger partial charge in [-0.2, -0.15) is 0 Å². The summed E-state index contributed by atoms with van der Waals surface area (Å²) in [5.74, 6) is 0. The van der Waals surface area contributed by atoms with E-state index in [-0.39, 0.29) is 0 Å². The molecule has 2 aromatic rings. The van der Waals surface area contributed by atoms with Crippen molar-refractivity contribution in [1.82, 2.24) is 14.9 Å². The van der Waals surface area contributed by atoms with E-state index in [0.717, 1.165) is 31.7 Å². The van der Waals surface area contributed by atoms with E-state index in [9.17, 15) is 0 Å². The van der Waals surface area contributed by atoms with Crippen LogP contribution in [0.5, 0.6) is 0 Å². The smallest absolute Gasteiger partial charge is 0.147 e. The Balaban J connectivity index is 1.69. The van der Waals surface area contributed by atoms with E-state index in [1.165, 1.54) is 10.4 Å². The standard InChI is InChI=1S/C12H12ClN3S/c13-12-6-14-10(5-15-12)8-16-3-1-11-9(7-16)2-4-17-11/h2,4-6H,1,3,7-8H2. The Morgan fingerprint density at radius 3 is 3.12 bits per heavy atom. The van der Waals surface area contributed by atoms with Crippen LogP contribution in [0.2, 0.25) is 5.15 Å². The summed E-state index contributed by atoms with van der Waals surface area (Å²) in [4.78, 5) is 12.3. The molecule has 3 rings (SSSR count). The lowest BCUT2D eigenvalue weighted by Crippen LogP contribution is -2.29. The van der Waals surface area contributed by atoms with Crippen LogP contribution in [-0.2, 0) is 19.5 Å². The van der Waals surface area contributed by atoms with Gasteiger partial charge >= 0.3 is 0 Å². The van der Waals surface area contributed by atoms with Crippen molar-refractivity contribution in [3.05, 3.63) is 45.1 Å². The molecule has 1 aliphatic rings. The van der Waals surface area contributed by atoms with Gasteiger partial charge in [-0.15, -0.1) is 11.3 Å². The fourth-order valence-corrected chi connectivity index (χ4v) is 3.08. The maximum absolute atomic E-state index is 5.72. The summed E-state index contributed by atoms with van der Waals surface area (Å²) in [5, 5.41) is 2.63. The summed E-state index contributed by atoms with van der Waals surface area (Å²) in [5.41, 5.74) is 2.44. The van der Waals surface area contributed by atoms with Gasteiger partial charge in [0.2, 0.25) is 0 Å². The third-order valence-electron chi connectivity index (χ3n) is 2.95. The molecule has 0 spiro atoms. The average molecular weight is 266 g/mol. The predicted octanol–water partition coefficient (Wildman–Crippen LogP) is 2.75. The molecule has 0 saturated heterocycles. The number of nitrogens with zero attached hydrogens (tertiary/aromatic N) is 3. The van der Waals surface area contributed by atoms with Gasteiger partial charge < -0.3 is 0 Å². The Labute approximate surface area is 109 Å². The monoisotopic (exact) mass is 265 g/mol. The van der Waals surface area contributed by atoms with Gasteiger partial charge in [-0.05, 0) is 23.4 Å². The predicted molar refractivity (Wildman–Crippen MR) is 69.2 cm³/mol. The Kier molecular flexibility index (Phi) is 3.09. The van der Waals surface area contributed by atoms with Crippen LogP contribution in [0.3, 0.4) is 0 Å². The summed E-state index contributed by atoms with van der Waals surface area (Å²) in [6.07, 6.45) is 4.51. The van der Waals surface area contributed by atoms with E-state index in [2.05, 4.69) is 26.3 Å². The van der Waals surface area contributed by atoms with Crippen molar-refractivity contribution in [2.45, 2.75) is 19.5 Å². The van der Waals surface area contributed by atoms with E-state index in [0.29, 0.717) is 5.15 Å². The van der Waals surface area contributed by atoms with Crippen LogP contribution >= 0.6 is 22.9 Å². The molecule has 0 saturated carbocycles. The van der Waals surface area contributed by atoms with Crippen molar-refractivity contribution in [2.75, 3.05) is 6.54 Å². The molecule has 0 amide bonds. The second-order valence-electron chi connectivity index (χ2n) is 4.16. The van der Waals surface area contributed by atoms with Crippen LogP contribution in [0.25, 0.3) is 0 Å². The van der Waals surface area contributed by atoms with Crippen LogP contribution in [-0.4, -0.2) is 21.4 Å². The molecule has 88 valence electrons. The van der Waals surface area contributed by atoms with Crippen LogP contribution in [0.15, 0.2) is 23.8 Å². The molecule has 0 N–H and O–H groups in total. The number of aromatic nitrogens is 2. The minimum atomic E-state index is 0.451. The number of rotatable bonds is 2. The quantitative estimate of drug-likeness (QED) is 0.836. The largest absolute Gasteiger partial charge is 0.293 e. The van der Waals surface area contributed by atoms with Gasteiger partial charge in [0, 0.05) is 24.5 Å². The van der Waals surface area contributed by atoms with Gasteiger partial charge in [0.05, 0.1) is 18.1 Å². The van der Waals surface area contributed by atoms with Gasteiger partial charge in [0.25, 0.3) is 0 Å². The molecule has 2 aromatic heterocycles. The van der Waals surface area contributed by atoms with Crippen LogP contribution < -0.4 is 0 Å². The van der Waals surface area contributed by atoms with Gasteiger partial charge in [0.15, 0.2) is 0 Å². The molecule has 0 radical (unpaired) electrons. The highest BCUT2D eigenvalue weighted by molar-refractivity contribution is 7.10. The lowest BCUT2D eigenvalue weighted by Gasteiger charge is -2.26. The van der Waals surface area contributed by atoms with E-state index < -0.39 is 0 Å². The molecule has 0 atom stereocenters. The van der Waals surface area contributed by atoms with Crippen LogP contribution in [0, 0.1) is 0 Å². The first-order valence-corrected chi connectivity index (χ1v) is 6.81. The second kappa shape index (κ2) is 4.72. The Bertz CT molecular complexity index is 509. The zero-order valence-corrected chi connectivity index (χ0v) is 10.8. The average Bonchev–Trinajstić information content (AvgIpc) is 2.79. The van der Waals surface area contributed by atoms with Crippen molar-refractivity contribution >= 4 is 22.9 Å². The Morgan fingerprint density at radius 2 is 2.29 bits per heavy atom. The van der Waals surface area contributed by atoms with Gasteiger partial charge in [-0.25, -0.2) is 4.98 Å². The van der Waals surface area contributed by atoms with Crippen LogP contribution in [0.1, 0.15) is 16.1 Å². The number of hydrogen-bond donors (Lipinski definition) is 0. The van der Waals surface area contributed by atoms with Crippen molar-refractivity contribution < 1.29 is 0 Å². The highest BCUT2D eigenvalue weighted by Gasteiger charge is 2.17. The number of hydrogen-bond acceptors (Lipinski definition) is 4. The Hall–Kier alpha value is -0.970. The van der Waals surface area contributed by atoms with Crippen LogP contribution in [0.4, 0.5) is 0 Å². The summed E-state index contributed by atoms with van der Waals surface area (Å²) in [7, 11) is 0. The highest BCUT2D eigenvalue weighted by Crippen LogP contribution is 2.24. The topological polar surface area (TPSA) is 29.0 Å². The summed E-state index contributed by atoms with van der Waals surface area (Å²) >= 11 is 7.58. The Morgan fingerprint density at radius 1 is 1.35 bits per heavy atom. The molecule has 17 heavy (non-hydrogen) atoms. The minimum absolute atomic E-state index is 0.451. The summed E-state index contributed by atoms with van der Waals surface area (Å²) in [6.45, 7) is 2.96. The van der Waals surface area contributed by atoms with E-state index in [1.807, 2.05) is 11.3 Å². The molecule has 0 bridgehead atoms. The lowest BCUT2D eigenvalue weighted by molar-refractivity contribution is 0.244. The molecule has 0 fully saturated rings. The maximum atomic E-state index is 5.72. The van der Waals surface area contributed by atoms with Crippen molar-refractivity contribution in [3.8, 4) is 0 Å². The molecule has 0 aromatic carbocycles. The molecule has 0 unspecified atom stereocenters. The lowest BCUT2D eigenvalue weighted by atomic mass is 10.1. The van der Waals surface area contributed by atoms with E-state index in [4.69, 9.17) is 11.6 Å². The second-order valence-corrected chi connectivity index (χ2v) is 5.55. The highest BCUT2D eigenvalue weighted by atomic mass is 35.5. The van der Waals surface area contributed by atoms with Gasteiger partial charge in [0.1, 0.15) is 5.15 Å². The molecule has 5 heteroatoms. The number of halogens is 1. The van der Waals surface area contributed by atoms with Gasteiger partial charge in [-0.3, -0.25) is 9.88 Å². The molecular formula is C12H12ClN3S. The molecule has 3 nitrogen and oxygen atoms in total. The zero-order chi connectivity index (χ0) is 11.7. The minimum Gasteiger partial charge on any atom is -0.293 e. The first kappa shape index (κ1) is 11.1. The fraction of sp³-hybridized carbons (Fsp3) is 0.333. The van der Waals surface area contributed by atoms with Gasteiger partial charge in [-0.1, -0.05) is 11.6 Å². The number of fused-ring (bicyclic) bond motifs is 1. The zero-order valence-electron chi connectivity index (χ0n) is 9.27. The first-order valence-electron chi connectivity index (χ1n) is 5.55.